The van der Waals surface area contributed by atoms with Gasteiger partial charge in [0.1, 0.15) is 29.6 Å². The molecule has 2 aromatic carbocycles. The fraction of sp³-hybridized carbons (Fsp3) is 0.273. The summed E-state index contributed by atoms with van der Waals surface area (Å²) in [6.07, 6.45) is 1.77. The second-order valence-electron chi connectivity index (χ2n) is 6.63. The number of benzene rings is 2. The minimum atomic E-state index is -0.138. The van der Waals surface area contributed by atoms with Crippen LogP contribution in [-0.2, 0) is 0 Å². The maximum Gasteiger partial charge on any atom is 0.185 e. The Morgan fingerprint density at radius 3 is 2.29 bits per heavy atom. The number of hydrogen-bond donors (Lipinski definition) is 1. The standard InChI is InChI=1S/C22H24N2O4/c1-15(2)21(26)20-14-24(17-6-10-19(11-7-17)28-13-12-25)22(23-20)16-4-8-18(27-3)9-5-16/h4-11,14-15,25H,12-13H2,1-3H3. The number of aromatic nitrogens is 2. The smallest absolute Gasteiger partial charge is 0.185 e. The van der Waals surface area contributed by atoms with Crippen molar-refractivity contribution in [3.63, 3.8) is 0 Å². The van der Waals surface area contributed by atoms with Crippen LogP contribution in [0.25, 0.3) is 17.1 Å². The van der Waals surface area contributed by atoms with Crippen LogP contribution in [-0.4, -0.2) is 40.8 Å². The van der Waals surface area contributed by atoms with Gasteiger partial charge in [0.05, 0.1) is 13.7 Å². The van der Waals surface area contributed by atoms with Crippen LogP contribution >= 0.6 is 0 Å². The van der Waals surface area contributed by atoms with Crippen LogP contribution in [0.1, 0.15) is 24.3 Å². The fourth-order valence-electron chi connectivity index (χ4n) is 2.80. The number of Topliss-reactive ketones (excluding diaryl/α,β-unsaturated/α-hetero) is 1. The summed E-state index contributed by atoms with van der Waals surface area (Å²) in [5.41, 5.74) is 2.17. The minimum absolute atomic E-state index is 0.00332. The van der Waals surface area contributed by atoms with Gasteiger partial charge in [-0.15, -0.1) is 0 Å². The van der Waals surface area contributed by atoms with E-state index in [0.717, 1.165) is 17.0 Å². The lowest BCUT2D eigenvalue weighted by Crippen LogP contribution is -2.07. The highest BCUT2D eigenvalue weighted by atomic mass is 16.5. The zero-order chi connectivity index (χ0) is 20.1. The van der Waals surface area contributed by atoms with E-state index >= 15 is 0 Å². The van der Waals surface area contributed by atoms with E-state index in [1.807, 2.05) is 66.9 Å². The molecule has 0 spiro atoms. The third-order valence-electron chi connectivity index (χ3n) is 4.31. The van der Waals surface area contributed by atoms with E-state index in [0.29, 0.717) is 17.3 Å². The van der Waals surface area contributed by atoms with Gasteiger partial charge in [-0.05, 0) is 48.5 Å². The van der Waals surface area contributed by atoms with Crippen molar-refractivity contribution in [3.8, 4) is 28.6 Å². The molecule has 6 heteroatoms. The number of nitrogens with zero attached hydrogens (tertiary/aromatic N) is 2. The molecule has 3 rings (SSSR count). The van der Waals surface area contributed by atoms with Gasteiger partial charge < -0.3 is 14.6 Å². The number of imidazole rings is 1. The van der Waals surface area contributed by atoms with Crippen LogP contribution in [0.2, 0.25) is 0 Å². The quantitative estimate of drug-likeness (QED) is 0.603. The molecule has 3 aromatic rings. The predicted octanol–water partition coefficient (Wildman–Crippen LogP) is 3.76. The van der Waals surface area contributed by atoms with Crippen molar-refractivity contribution < 1.29 is 19.4 Å². The maximum absolute atomic E-state index is 12.5. The molecule has 28 heavy (non-hydrogen) atoms. The Morgan fingerprint density at radius 2 is 1.71 bits per heavy atom. The summed E-state index contributed by atoms with van der Waals surface area (Å²) in [6, 6.07) is 15.0. The van der Waals surface area contributed by atoms with Gasteiger partial charge in [-0.3, -0.25) is 9.36 Å². The SMILES string of the molecule is COc1ccc(-c2nc(C(=O)C(C)C)cn2-c2ccc(OCCO)cc2)cc1. The fourth-order valence-corrected chi connectivity index (χ4v) is 2.80. The summed E-state index contributed by atoms with van der Waals surface area (Å²) in [5, 5.41) is 8.88. The minimum Gasteiger partial charge on any atom is -0.497 e. The molecular formula is C22H24N2O4. The summed E-state index contributed by atoms with van der Waals surface area (Å²) < 4.78 is 12.5. The zero-order valence-electron chi connectivity index (χ0n) is 16.3. The van der Waals surface area contributed by atoms with E-state index < -0.39 is 0 Å². The van der Waals surface area contributed by atoms with Gasteiger partial charge in [-0.25, -0.2) is 4.98 Å². The van der Waals surface area contributed by atoms with Crippen LogP contribution in [0, 0.1) is 5.92 Å². The molecule has 1 N–H and O–H groups in total. The molecule has 0 radical (unpaired) electrons. The van der Waals surface area contributed by atoms with Crippen molar-refractivity contribution in [1.82, 2.24) is 9.55 Å². The molecule has 0 saturated heterocycles. The van der Waals surface area contributed by atoms with Gasteiger partial charge in [0.2, 0.25) is 0 Å². The number of carbonyl (C=O) groups is 1. The van der Waals surface area contributed by atoms with Crippen molar-refractivity contribution in [2.75, 3.05) is 20.3 Å². The van der Waals surface area contributed by atoms with E-state index in [-0.39, 0.29) is 24.9 Å². The summed E-state index contributed by atoms with van der Waals surface area (Å²) in [7, 11) is 1.62. The number of carbonyl (C=O) groups excluding carboxylic acids is 1. The lowest BCUT2D eigenvalue weighted by atomic mass is 10.1. The summed E-state index contributed by atoms with van der Waals surface area (Å²) in [6.45, 7) is 3.93. The second-order valence-corrected chi connectivity index (χ2v) is 6.63. The molecule has 0 aliphatic rings. The maximum atomic E-state index is 12.5. The van der Waals surface area contributed by atoms with Crippen molar-refractivity contribution in [3.05, 3.63) is 60.4 Å². The second kappa shape index (κ2) is 8.71. The molecule has 0 unspecified atom stereocenters. The highest BCUT2D eigenvalue weighted by Gasteiger charge is 2.19. The van der Waals surface area contributed by atoms with Gasteiger partial charge in [0, 0.05) is 23.4 Å². The zero-order valence-corrected chi connectivity index (χ0v) is 16.3. The molecule has 0 aliphatic heterocycles. The molecule has 0 saturated carbocycles. The van der Waals surface area contributed by atoms with E-state index in [4.69, 9.17) is 14.6 Å². The van der Waals surface area contributed by atoms with E-state index in [9.17, 15) is 4.79 Å². The predicted molar refractivity (Wildman–Crippen MR) is 107 cm³/mol. The number of aliphatic hydroxyl groups excluding tert-OH is 1. The van der Waals surface area contributed by atoms with Gasteiger partial charge in [0.15, 0.2) is 5.78 Å². The molecule has 1 heterocycles. The first-order valence-corrected chi connectivity index (χ1v) is 9.15. The molecular weight excluding hydrogens is 356 g/mol. The third-order valence-corrected chi connectivity index (χ3v) is 4.31. The summed E-state index contributed by atoms with van der Waals surface area (Å²) in [5.74, 6) is 1.96. The normalized spacial score (nSPS) is 10.9. The van der Waals surface area contributed by atoms with Gasteiger partial charge in [-0.1, -0.05) is 13.8 Å². The van der Waals surface area contributed by atoms with Crippen LogP contribution in [0.15, 0.2) is 54.7 Å². The number of ketones is 1. The van der Waals surface area contributed by atoms with Crippen LogP contribution in [0.3, 0.4) is 0 Å². The summed E-state index contributed by atoms with van der Waals surface area (Å²) in [4.78, 5) is 17.1. The van der Waals surface area contributed by atoms with Crippen molar-refractivity contribution in [1.29, 1.82) is 0 Å². The number of rotatable bonds is 8. The average molecular weight is 380 g/mol. The molecule has 0 atom stereocenters. The molecule has 0 bridgehead atoms. The summed E-state index contributed by atoms with van der Waals surface area (Å²) >= 11 is 0. The molecule has 146 valence electrons. The number of hydrogen-bond acceptors (Lipinski definition) is 5. The van der Waals surface area contributed by atoms with Crippen LogP contribution < -0.4 is 9.47 Å². The van der Waals surface area contributed by atoms with E-state index in [1.54, 1.807) is 13.3 Å². The number of ether oxygens (including phenoxy) is 2. The first-order valence-electron chi connectivity index (χ1n) is 9.15. The van der Waals surface area contributed by atoms with Gasteiger partial charge in [-0.2, -0.15) is 0 Å². The first kappa shape index (κ1) is 19.6. The van der Waals surface area contributed by atoms with Crippen LogP contribution in [0.4, 0.5) is 0 Å². The average Bonchev–Trinajstić information content (AvgIpc) is 3.17. The third kappa shape index (κ3) is 4.23. The lowest BCUT2D eigenvalue weighted by Gasteiger charge is -2.10. The molecule has 0 fully saturated rings. The Hall–Kier alpha value is -3.12. The number of methoxy groups -OCH3 is 1. The molecule has 6 nitrogen and oxygen atoms in total. The molecule has 0 aliphatic carbocycles. The molecule has 1 aromatic heterocycles. The van der Waals surface area contributed by atoms with Crippen molar-refractivity contribution >= 4 is 5.78 Å². The van der Waals surface area contributed by atoms with E-state index in [2.05, 4.69) is 4.98 Å². The highest BCUT2D eigenvalue weighted by molar-refractivity contribution is 5.96. The largest absolute Gasteiger partial charge is 0.497 e. The van der Waals surface area contributed by atoms with Crippen molar-refractivity contribution in [2.24, 2.45) is 5.92 Å². The first-order chi connectivity index (χ1) is 13.5. The Labute approximate surface area is 164 Å². The highest BCUT2D eigenvalue weighted by Crippen LogP contribution is 2.27. The van der Waals surface area contributed by atoms with Crippen molar-refractivity contribution in [2.45, 2.75) is 13.8 Å². The van der Waals surface area contributed by atoms with Gasteiger partial charge in [0.25, 0.3) is 0 Å². The topological polar surface area (TPSA) is 73.6 Å². The monoisotopic (exact) mass is 380 g/mol. The Kier molecular flexibility index (Phi) is 6.11. The molecule has 0 amide bonds. The van der Waals surface area contributed by atoms with E-state index in [1.165, 1.54) is 0 Å². The van der Waals surface area contributed by atoms with Gasteiger partial charge >= 0.3 is 0 Å². The Balaban J connectivity index is 2.03. The Morgan fingerprint density at radius 1 is 1.07 bits per heavy atom. The lowest BCUT2D eigenvalue weighted by molar-refractivity contribution is 0.0935. The van der Waals surface area contributed by atoms with Crippen LogP contribution in [0.5, 0.6) is 11.5 Å². The number of aliphatic hydroxyl groups is 1. The Bertz CT molecular complexity index is 928.